The van der Waals surface area contributed by atoms with Gasteiger partial charge in [0.05, 0.1) is 11.9 Å². The first-order chi connectivity index (χ1) is 13.0. The Labute approximate surface area is 193 Å². The van der Waals surface area contributed by atoms with Gasteiger partial charge in [0, 0.05) is 33.3 Å². The van der Waals surface area contributed by atoms with Crippen molar-refractivity contribution in [3.05, 3.63) is 35.4 Å². The molecule has 0 spiro atoms. The highest BCUT2D eigenvalue weighted by Gasteiger charge is 2.24. The number of methoxy groups -OCH3 is 1. The minimum atomic E-state index is -3.38. The summed E-state index contributed by atoms with van der Waals surface area (Å²) in [7, 11) is 0.0276. The average Bonchev–Trinajstić information content (AvgIpc) is 2.56. The van der Waals surface area contributed by atoms with E-state index in [0.29, 0.717) is 19.0 Å². The standard InChI is InChI=1S/C20H36N4O3S.HI/c1-15(2)24-28(25,26)14-17-11-9-8-10-16(17)12-22-19(21-6)23-13-18(27-7)20(3,4)5;/h8-11,15,18,24H,12-14H2,1-7H3,(H2,21,22,23);1H. The molecule has 3 N–H and O–H groups in total. The van der Waals surface area contributed by atoms with Crippen LogP contribution in [0.1, 0.15) is 45.7 Å². The molecular weight excluding hydrogens is 503 g/mol. The minimum absolute atomic E-state index is 0. The summed E-state index contributed by atoms with van der Waals surface area (Å²) in [6.07, 6.45) is 0.0330. The van der Waals surface area contributed by atoms with Crippen molar-refractivity contribution >= 4 is 40.0 Å². The summed E-state index contributed by atoms with van der Waals surface area (Å²) in [5.41, 5.74) is 1.69. The molecular formula is C20H37IN4O3S. The van der Waals surface area contributed by atoms with Gasteiger partial charge in [-0.1, -0.05) is 45.0 Å². The van der Waals surface area contributed by atoms with Crippen LogP contribution in [0.3, 0.4) is 0 Å². The second-order valence-electron chi connectivity index (χ2n) is 8.20. The molecule has 0 fully saturated rings. The maximum absolute atomic E-state index is 12.3. The quantitative estimate of drug-likeness (QED) is 0.255. The van der Waals surface area contributed by atoms with Crippen LogP contribution < -0.4 is 15.4 Å². The van der Waals surface area contributed by atoms with Crippen molar-refractivity contribution in [3.63, 3.8) is 0 Å². The topological polar surface area (TPSA) is 91.8 Å². The Balaban J connectivity index is 0.00000784. The summed E-state index contributed by atoms with van der Waals surface area (Å²) in [5.74, 6) is 0.592. The van der Waals surface area contributed by atoms with Crippen LogP contribution in [-0.2, 0) is 27.1 Å². The van der Waals surface area contributed by atoms with Gasteiger partial charge in [0.25, 0.3) is 0 Å². The second-order valence-corrected chi connectivity index (χ2v) is 9.95. The van der Waals surface area contributed by atoms with Crippen LogP contribution in [0.5, 0.6) is 0 Å². The molecule has 0 aromatic heterocycles. The molecule has 0 heterocycles. The zero-order chi connectivity index (χ0) is 21.4. The van der Waals surface area contributed by atoms with Crippen LogP contribution in [0, 0.1) is 5.41 Å². The summed E-state index contributed by atoms with van der Waals surface area (Å²) in [6.45, 7) is 11.1. The molecule has 1 aromatic carbocycles. The molecule has 0 saturated carbocycles. The summed E-state index contributed by atoms with van der Waals surface area (Å²) < 4.78 is 32.7. The normalized spacial score (nSPS) is 13.7. The number of aliphatic imine (C=N–C) groups is 1. The van der Waals surface area contributed by atoms with Gasteiger partial charge in [0.15, 0.2) is 5.96 Å². The van der Waals surface area contributed by atoms with E-state index >= 15 is 0 Å². The first-order valence-electron chi connectivity index (χ1n) is 9.52. The average molecular weight is 541 g/mol. The first kappa shape index (κ1) is 28.1. The Bertz CT molecular complexity index is 746. The van der Waals surface area contributed by atoms with E-state index in [0.717, 1.165) is 11.1 Å². The lowest BCUT2D eigenvalue weighted by Crippen LogP contribution is -2.45. The molecule has 29 heavy (non-hydrogen) atoms. The van der Waals surface area contributed by atoms with E-state index in [1.807, 2.05) is 38.1 Å². The van der Waals surface area contributed by atoms with Gasteiger partial charge in [-0.25, -0.2) is 13.1 Å². The predicted octanol–water partition coefficient (Wildman–Crippen LogP) is 2.86. The largest absolute Gasteiger partial charge is 0.379 e. The molecule has 1 atom stereocenters. The van der Waals surface area contributed by atoms with Gasteiger partial charge in [0.2, 0.25) is 10.0 Å². The van der Waals surface area contributed by atoms with Crippen LogP contribution in [-0.4, -0.2) is 47.2 Å². The molecule has 0 aliphatic carbocycles. The van der Waals surface area contributed by atoms with Crippen LogP contribution in [0.15, 0.2) is 29.3 Å². The molecule has 168 valence electrons. The van der Waals surface area contributed by atoms with E-state index in [4.69, 9.17) is 4.74 Å². The Morgan fingerprint density at radius 1 is 1.14 bits per heavy atom. The maximum atomic E-state index is 12.3. The van der Waals surface area contributed by atoms with Crippen LogP contribution in [0.25, 0.3) is 0 Å². The number of hydrogen-bond donors (Lipinski definition) is 3. The fourth-order valence-electron chi connectivity index (χ4n) is 2.81. The number of nitrogens with zero attached hydrogens (tertiary/aromatic N) is 1. The predicted molar refractivity (Wildman–Crippen MR) is 131 cm³/mol. The lowest BCUT2D eigenvalue weighted by molar-refractivity contribution is 0.0205. The highest BCUT2D eigenvalue weighted by molar-refractivity contribution is 14.0. The molecule has 0 amide bonds. The summed E-state index contributed by atoms with van der Waals surface area (Å²) in [4.78, 5) is 4.24. The van der Waals surface area contributed by atoms with E-state index < -0.39 is 10.0 Å². The molecule has 0 saturated heterocycles. The number of ether oxygens (including phenoxy) is 1. The van der Waals surface area contributed by atoms with Crippen molar-refractivity contribution < 1.29 is 13.2 Å². The third-order valence-corrected chi connectivity index (χ3v) is 5.78. The van der Waals surface area contributed by atoms with Crippen molar-refractivity contribution in [1.29, 1.82) is 0 Å². The lowest BCUT2D eigenvalue weighted by Gasteiger charge is -2.30. The van der Waals surface area contributed by atoms with Gasteiger partial charge in [0.1, 0.15) is 0 Å². The Morgan fingerprint density at radius 3 is 2.21 bits per heavy atom. The highest BCUT2D eigenvalue weighted by Crippen LogP contribution is 2.21. The van der Waals surface area contributed by atoms with Gasteiger partial charge >= 0.3 is 0 Å². The third-order valence-electron chi connectivity index (χ3n) is 4.25. The smallest absolute Gasteiger partial charge is 0.216 e. The molecule has 1 unspecified atom stereocenters. The van der Waals surface area contributed by atoms with Gasteiger partial charge in [-0.2, -0.15) is 0 Å². The van der Waals surface area contributed by atoms with E-state index in [-0.39, 0.29) is 47.3 Å². The first-order valence-corrected chi connectivity index (χ1v) is 11.2. The van der Waals surface area contributed by atoms with Gasteiger partial charge in [-0.05, 0) is 30.4 Å². The summed E-state index contributed by atoms with van der Waals surface area (Å²) in [6, 6.07) is 7.39. The molecule has 9 heteroatoms. The lowest BCUT2D eigenvalue weighted by atomic mass is 9.89. The Kier molecular flexibility index (Phi) is 12.3. The molecule has 7 nitrogen and oxygen atoms in total. The number of sulfonamides is 1. The summed E-state index contributed by atoms with van der Waals surface area (Å²) in [5, 5.41) is 6.53. The fraction of sp³-hybridized carbons (Fsp3) is 0.650. The van der Waals surface area contributed by atoms with E-state index in [1.165, 1.54) is 0 Å². The number of guanidine groups is 1. The molecule has 0 aliphatic rings. The van der Waals surface area contributed by atoms with E-state index in [9.17, 15) is 8.42 Å². The van der Waals surface area contributed by atoms with Gasteiger partial charge in [-0.15, -0.1) is 24.0 Å². The summed E-state index contributed by atoms with van der Waals surface area (Å²) >= 11 is 0. The van der Waals surface area contributed by atoms with Crippen molar-refractivity contribution in [1.82, 2.24) is 15.4 Å². The number of halogens is 1. The fourth-order valence-corrected chi connectivity index (χ4v) is 4.30. The second kappa shape index (κ2) is 12.7. The number of rotatable bonds is 9. The van der Waals surface area contributed by atoms with Crippen LogP contribution >= 0.6 is 24.0 Å². The Hall–Kier alpha value is -0.910. The Morgan fingerprint density at radius 2 is 1.72 bits per heavy atom. The molecule has 1 rings (SSSR count). The molecule has 0 aliphatic heterocycles. The van der Waals surface area contributed by atoms with Crippen molar-refractivity contribution in [2.75, 3.05) is 20.7 Å². The number of nitrogens with one attached hydrogen (secondary N) is 3. The molecule has 0 radical (unpaired) electrons. The number of hydrogen-bond acceptors (Lipinski definition) is 4. The zero-order valence-corrected chi connectivity index (χ0v) is 21.7. The van der Waals surface area contributed by atoms with Crippen molar-refractivity contribution in [2.45, 2.75) is 59.1 Å². The highest BCUT2D eigenvalue weighted by atomic mass is 127. The zero-order valence-electron chi connectivity index (χ0n) is 18.6. The van der Waals surface area contributed by atoms with Crippen molar-refractivity contribution in [2.24, 2.45) is 10.4 Å². The van der Waals surface area contributed by atoms with Crippen LogP contribution in [0.4, 0.5) is 0 Å². The number of benzene rings is 1. The third kappa shape index (κ3) is 10.6. The monoisotopic (exact) mass is 540 g/mol. The van der Waals surface area contributed by atoms with Crippen LogP contribution in [0.2, 0.25) is 0 Å². The van der Waals surface area contributed by atoms with Gasteiger partial charge < -0.3 is 15.4 Å². The van der Waals surface area contributed by atoms with E-state index in [2.05, 4.69) is 41.1 Å². The van der Waals surface area contributed by atoms with Crippen molar-refractivity contribution in [3.8, 4) is 0 Å². The van der Waals surface area contributed by atoms with E-state index in [1.54, 1.807) is 14.2 Å². The minimum Gasteiger partial charge on any atom is -0.379 e. The molecule has 1 aromatic rings. The SMILES string of the molecule is CN=C(NCc1ccccc1CS(=O)(=O)NC(C)C)NCC(OC)C(C)(C)C.I. The maximum Gasteiger partial charge on any atom is 0.216 e. The molecule has 0 bridgehead atoms. The van der Waals surface area contributed by atoms with Gasteiger partial charge in [-0.3, -0.25) is 4.99 Å².